The van der Waals surface area contributed by atoms with E-state index in [0.717, 1.165) is 5.56 Å². The van der Waals surface area contributed by atoms with Crippen molar-refractivity contribution in [1.29, 1.82) is 0 Å². The maximum absolute atomic E-state index is 11.2. The van der Waals surface area contributed by atoms with Gasteiger partial charge in [-0.1, -0.05) is 30.3 Å². The number of benzene rings is 1. The summed E-state index contributed by atoms with van der Waals surface area (Å²) in [6, 6.07) is 10.8. The van der Waals surface area contributed by atoms with Gasteiger partial charge in [0.2, 0.25) is 17.7 Å². The molecule has 1 saturated heterocycles. The molecule has 0 spiro atoms. The Morgan fingerprint density at radius 2 is 2.00 bits per heavy atom. The zero-order valence-electron chi connectivity index (χ0n) is 12.7. The Morgan fingerprint density at radius 1 is 1.26 bits per heavy atom. The molecule has 1 fully saturated rings. The Balaban J connectivity index is 1.81. The molecule has 0 aliphatic carbocycles. The second kappa shape index (κ2) is 6.62. The molecule has 120 valence electrons. The molecule has 7 heteroatoms. The number of hydrogen-bond donors (Lipinski definition) is 2. The zero-order chi connectivity index (χ0) is 16.2. The molecule has 1 aromatic carbocycles. The predicted molar refractivity (Wildman–Crippen MR) is 84.0 cm³/mol. The van der Waals surface area contributed by atoms with Crippen LogP contribution in [0.25, 0.3) is 11.4 Å². The van der Waals surface area contributed by atoms with Crippen molar-refractivity contribution in [3.8, 4) is 23.1 Å². The van der Waals surface area contributed by atoms with Crippen molar-refractivity contribution in [3.05, 3.63) is 36.4 Å². The normalized spacial score (nSPS) is 20.2. The first-order valence-electron chi connectivity index (χ1n) is 7.33. The molecule has 1 aliphatic rings. The van der Waals surface area contributed by atoms with Crippen molar-refractivity contribution in [3.63, 3.8) is 0 Å². The van der Waals surface area contributed by atoms with Gasteiger partial charge in [-0.05, 0) is 0 Å². The van der Waals surface area contributed by atoms with Crippen molar-refractivity contribution < 1.29 is 14.3 Å². The topological polar surface area (TPSA) is 99.4 Å². The summed E-state index contributed by atoms with van der Waals surface area (Å²) in [5.74, 6) is 0.984. The van der Waals surface area contributed by atoms with Gasteiger partial charge in [-0.15, -0.1) is 0 Å². The molecule has 2 atom stereocenters. The minimum atomic E-state index is -0.374. The van der Waals surface area contributed by atoms with E-state index >= 15 is 0 Å². The minimum Gasteiger partial charge on any atom is -0.481 e. The zero-order valence-corrected chi connectivity index (χ0v) is 12.7. The van der Waals surface area contributed by atoms with Crippen LogP contribution in [0.5, 0.6) is 11.8 Å². The van der Waals surface area contributed by atoms with Crippen molar-refractivity contribution in [2.75, 3.05) is 13.7 Å². The third kappa shape index (κ3) is 3.57. The van der Waals surface area contributed by atoms with E-state index in [1.54, 1.807) is 13.2 Å². The summed E-state index contributed by atoms with van der Waals surface area (Å²) >= 11 is 0. The lowest BCUT2D eigenvalue weighted by Gasteiger charge is -2.13. The summed E-state index contributed by atoms with van der Waals surface area (Å²) in [5, 5.41) is 3.03. The molecular formula is C16H18N4O3. The summed E-state index contributed by atoms with van der Waals surface area (Å²) in [4.78, 5) is 20.0. The van der Waals surface area contributed by atoms with Crippen molar-refractivity contribution >= 4 is 5.91 Å². The van der Waals surface area contributed by atoms with Crippen LogP contribution < -0.4 is 20.5 Å². The molecule has 2 heterocycles. The Kier molecular flexibility index (Phi) is 4.38. The summed E-state index contributed by atoms with van der Waals surface area (Å²) in [6.07, 6.45) is 0.346. The summed E-state index contributed by atoms with van der Waals surface area (Å²) in [7, 11) is 1.54. The number of aromatic nitrogens is 2. The van der Waals surface area contributed by atoms with E-state index in [0.29, 0.717) is 30.5 Å². The lowest BCUT2D eigenvalue weighted by molar-refractivity contribution is -0.119. The molecule has 2 aromatic rings. The molecule has 1 aromatic heterocycles. The molecule has 0 unspecified atom stereocenters. The first-order chi connectivity index (χ1) is 11.2. The molecule has 23 heavy (non-hydrogen) atoms. The van der Waals surface area contributed by atoms with Gasteiger partial charge in [-0.3, -0.25) is 4.79 Å². The number of carbonyl (C=O) groups excluding carboxylic acids is 1. The van der Waals surface area contributed by atoms with Crippen LogP contribution in [0.1, 0.15) is 6.42 Å². The van der Waals surface area contributed by atoms with Gasteiger partial charge in [0.05, 0.1) is 19.2 Å². The number of ether oxygens (including phenoxy) is 2. The Bertz CT molecular complexity index is 693. The number of nitrogens with zero attached hydrogens (tertiary/aromatic N) is 2. The lowest BCUT2D eigenvalue weighted by Crippen LogP contribution is -2.36. The van der Waals surface area contributed by atoms with Crippen LogP contribution in [0.2, 0.25) is 0 Å². The number of nitrogens with one attached hydrogen (secondary N) is 1. The smallest absolute Gasteiger partial charge is 0.234 e. The van der Waals surface area contributed by atoms with Gasteiger partial charge in [-0.25, -0.2) is 0 Å². The van der Waals surface area contributed by atoms with E-state index in [1.807, 2.05) is 30.3 Å². The summed E-state index contributed by atoms with van der Waals surface area (Å²) in [5.41, 5.74) is 6.17. The monoisotopic (exact) mass is 314 g/mol. The quantitative estimate of drug-likeness (QED) is 0.845. The third-order valence-corrected chi connectivity index (χ3v) is 3.64. The van der Waals surface area contributed by atoms with Crippen LogP contribution in [-0.4, -0.2) is 41.7 Å². The van der Waals surface area contributed by atoms with Crippen molar-refractivity contribution in [2.24, 2.45) is 5.73 Å². The largest absolute Gasteiger partial charge is 0.481 e. The first-order valence-corrected chi connectivity index (χ1v) is 7.33. The Labute approximate surface area is 133 Å². The van der Waals surface area contributed by atoms with E-state index in [1.165, 1.54) is 0 Å². The third-order valence-electron chi connectivity index (χ3n) is 3.64. The lowest BCUT2D eigenvalue weighted by atomic mass is 10.2. The fourth-order valence-corrected chi connectivity index (χ4v) is 2.47. The highest BCUT2D eigenvalue weighted by Gasteiger charge is 2.29. The molecular weight excluding hydrogens is 296 g/mol. The molecule has 0 radical (unpaired) electrons. The number of primary amides is 1. The second-order valence-electron chi connectivity index (χ2n) is 5.28. The molecule has 1 aliphatic heterocycles. The van der Waals surface area contributed by atoms with Crippen LogP contribution in [0.15, 0.2) is 36.4 Å². The highest BCUT2D eigenvalue weighted by atomic mass is 16.5. The first kappa shape index (κ1) is 15.2. The molecule has 0 bridgehead atoms. The van der Waals surface area contributed by atoms with Gasteiger partial charge in [0, 0.05) is 18.5 Å². The van der Waals surface area contributed by atoms with Gasteiger partial charge in [0.15, 0.2) is 5.82 Å². The van der Waals surface area contributed by atoms with E-state index in [4.69, 9.17) is 15.2 Å². The van der Waals surface area contributed by atoms with Crippen molar-refractivity contribution in [2.45, 2.75) is 18.6 Å². The number of carbonyl (C=O) groups is 1. The maximum atomic E-state index is 11.2. The number of amides is 1. The van der Waals surface area contributed by atoms with Gasteiger partial charge in [0.1, 0.15) is 6.10 Å². The molecule has 3 N–H and O–H groups in total. The fraction of sp³-hybridized carbons (Fsp3) is 0.312. The average Bonchev–Trinajstić information content (AvgIpc) is 3.04. The number of hydrogen-bond acceptors (Lipinski definition) is 6. The average molecular weight is 314 g/mol. The molecule has 1 amide bonds. The SMILES string of the molecule is COc1cc(O[C@H]2CN[C@H](C(N)=O)C2)nc(-c2ccccc2)n1. The van der Waals surface area contributed by atoms with Crippen LogP contribution >= 0.6 is 0 Å². The van der Waals surface area contributed by atoms with Crippen molar-refractivity contribution in [1.82, 2.24) is 15.3 Å². The summed E-state index contributed by atoms with van der Waals surface area (Å²) < 4.78 is 11.1. The van der Waals surface area contributed by atoms with E-state index in [-0.39, 0.29) is 18.1 Å². The fourth-order valence-electron chi connectivity index (χ4n) is 2.47. The van der Waals surface area contributed by atoms with Gasteiger partial charge < -0.3 is 20.5 Å². The predicted octanol–water partition coefficient (Wildman–Crippen LogP) is 0.747. The minimum absolute atomic E-state index is 0.171. The number of methoxy groups -OCH3 is 1. The van der Waals surface area contributed by atoms with Gasteiger partial charge >= 0.3 is 0 Å². The second-order valence-corrected chi connectivity index (χ2v) is 5.28. The number of rotatable bonds is 5. The Morgan fingerprint density at radius 3 is 2.65 bits per heavy atom. The molecule has 0 saturated carbocycles. The maximum Gasteiger partial charge on any atom is 0.234 e. The molecule has 3 rings (SSSR count). The Hall–Kier alpha value is -2.67. The molecule has 7 nitrogen and oxygen atoms in total. The van der Waals surface area contributed by atoms with E-state index in [2.05, 4.69) is 15.3 Å². The highest BCUT2D eigenvalue weighted by Crippen LogP contribution is 2.24. The van der Waals surface area contributed by atoms with Gasteiger partial charge in [-0.2, -0.15) is 9.97 Å². The number of nitrogens with two attached hydrogens (primary N) is 1. The standard InChI is InChI=1S/C16H18N4O3/c1-22-13-8-14(23-11-7-12(15(17)21)18-9-11)20-16(19-13)10-5-3-2-4-6-10/h2-6,8,11-12,18H,7,9H2,1H3,(H2,17,21)/t11-,12+/m1/s1. The highest BCUT2D eigenvalue weighted by molar-refractivity contribution is 5.80. The van der Waals surface area contributed by atoms with E-state index in [9.17, 15) is 4.79 Å². The van der Waals surface area contributed by atoms with E-state index < -0.39 is 0 Å². The summed E-state index contributed by atoms with van der Waals surface area (Å²) in [6.45, 7) is 0.542. The van der Waals surface area contributed by atoms with Crippen LogP contribution in [0.4, 0.5) is 0 Å². The van der Waals surface area contributed by atoms with Crippen LogP contribution in [0.3, 0.4) is 0 Å². The van der Waals surface area contributed by atoms with Crippen LogP contribution in [-0.2, 0) is 4.79 Å². The van der Waals surface area contributed by atoms with Crippen LogP contribution in [0, 0.1) is 0 Å². The van der Waals surface area contributed by atoms with Gasteiger partial charge in [0.25, 0.3) is 0 Å².